The molecular formula is C19H27N5. The Labute approximate surface area is 144 Å². The number of nitrogens with one attached hydrogen (secondary N) is 2. The van der Waals surface area contributed by atoms with Crippen LogP contribution in [0.1, 0.15) is 43.2 Å². The first kappa shape index (κ1) is 16.8. The van der Waals surface area contributed by atoms with Crippen molar-refractivity contribution < 1.29 is 0 Å². The molecule has 5 nitrogen and oxygen atoms in total. The Morgan fingerprint density at radius 2 is 2.00 bits per heavy atom. The standard InChI is InChI=1S/C19H27N5/c1-21-19(22-13-16-8-6-15(12-20)7-9-16)23-17-10-11-24(14-17)18-4-2-3-5-18/h6-9,17-18H,2-5,10-11,13-14H2,1H3,(H2,21,22,23). The van der Waals surface area contributed by atoms with E-state index >= 15 is 0 Å². The van der Waals surface area contributed by atoms with E-state index < -0.39 is 0 Å². The van der Waals surface area contributed by atoms with Crippen molar-refractivity contribution in [1.82, 2.24) is 15.5 Å². The molecule has 0 bridgehead atoms. The SMILES string of the molecule is CN=C(NCc1ccc(C#N)cc1)NC1CCN(C2CCCC2)C1. The first-order chi connectivity index (χ1) is 11.8. The number of benzene rings is 1. The molecule has 1 aliphatic heterocycles. The number of aliphatic imine (C=N–C) groups is 1. The van der Waals surface area contributed by atoms with E-state index in [0.29, 0.717) is 18.2 Å². The summed E-state index contributed by atoms with van der Waals surface area (Å²) in [6, 6.07) is 11.1. The summed E-state index contributed by atoms with van der Waals surface area (Å²) in [4.78, 5) is 7.00. The molecule has 1 aromatic carbocycles. The molecule has 0 spiro atoms. The molecule has 2 aliphatic rings. The highest BCUT2D eigenvalue weighted by Gasteiger charge is 2.30. The Hall–Kier alpha value is -2.06. The topological polar surface area (TPSA) is 63.5 Å². The minimum atomic E-state index is 0.484. The molecule has 1 saturated heterocycles. The second-order valence-corrected chi connectivity index (χ2v) is 6.80. The second kappa shape index (κ2) is 8.16. The monoisotopic (exact) mass is 325 g/mol. The molecule has 1 aromatic rings. The third kappa shape index (κ3) is 4.27. The highest BCUT2D eigenvalue weighted by Crippen LogP contribution is 2.26. The van der Waals surface area contributed by atoms with E-state index in [9.17, 15) is 0 Å². The van der Waals surface area contributed by atoms with Crippen LogP contribution in [0.3, 0.4) is 0 Å². The van der Waals surface area contributed by atoms with E-state index in [1.165, 1.54) is 38.6 Å². The first-order valence-corrected chi connectivity index (χ1v) is 8.99. The van der Waals surface area contributed by atoms with Gasteiger partial charge in [-0.15, -0.1) is 0 Å². The fourth-order valence-electron chi connectivity index (χ4n) is 3.78. The van der Waals surface area contributed by atoms with Gasteiger partial charge >= 0.3 is 0 Å². The summed E-state index contributed by atoms with van der Waals surface area (Å²) in [6.45, 7) is 3.04. The van der Waals surface area contributed by atoms with Gasteiger partial charge in [-0.25, -0.2) is 0 Å². The summed E-state index contributed by atoms with van der Waals surface area (Å²) < 4.78 is 0. The quantitative estimate of drug-likeness (QED) is 0.658. The number of likely N-dealkylation sites (tertiary alicyclic amines) is 1. The third-order valence-corrected chi connectivity index (χ3v) is 5.17. The maximum absolute atomic E-state index is 8.85. The zero-order valence-corrected chi connectivity index (χ0v) is 14.5. The van der Waals surface area contributed by atoms with Gasteiger partial charge in [0.05, 0.1) is 11.6 Å². The predicted molar refractivity (Wildman–Crippen MR) is 96.7 cm³/mol. The first-order valence-electron chi connectivity index (χ1n) is 8.99. The van der Waals surface area contributed by atoms with Crippen molar-refractivity contribution in [1.29, 1.82) is 5.26 Å². The number of nitriles is 1. The van der Waals surface area contributed by atoms with Crippen LogP contribution < -0.4 is 10.6 Å². The van der Waals surface area contributed by atoms with Crippen molar-refractivity contribution in [3.05, 3.63) is 35.4 Å². The van der Waals surface area contributed by atoms with E-state index in [-0.39, 0.29) is 0 Å². The van der Waals surface area contributed by atoms with Crippen LogP contribution >= 0.6 is 0 Å². The zero-order chi connectivity index (χ0) is 16.8. The number of nitrogens with zero attached hydrogens (tertiary/aromatic N) is 3. The summed E-state index contributed by atoms with van der Waals surface area (Å²) in [5.74, 6) is 0.859. The van der Waals surface area contributed by atoms with Crippen molar-refractivity contribution in [3.63, 3.8) is 0 Å². The third-order valence-electron chi connectivity index (χ3n) is 5.17. The molecule has 0 radical (unpaired) electrons. The molecule has 3 rings (SSSR count). The van der Waals surface area contributed by atoms with Crippen LogP contribution in [0.25, 0.3) is 0 Å². The van der Waals surface area contributed by atoms with E-state index in [4.69, 9.17) is 5.26 Å². The Balaban J connectivity index is 1.45. The number of hydrogen-bond acceptors (Lipinski definition) is 3. The van der Waals surface area contributed by atoms with Gasteiger partial charge in [0.2, 0.25) is 0 Å². The molecule has 1 saturated carbocycles. The fraction of sp³-hybridized carbons (Fsp3) is 0.579. The van der Waals surface area contributed by atoms with Gasteiger partial charge in [-0.3, -0.25) is 9.89 Å². The summed E-state index contributed by atoms with van der Waals surface area (Å²) in [7, 11) is 1.82. The minimum Gasteiger partial charge on any atom is -0.352 e. The van der Waals surface area contributed by atoms with Gasteiger partial charge in [0, 0.05) is 38.8 Å². The maximum Gasteiger partial charge on any atom is 0.191 e. The lowest BCUT2D eigenvalue weighted by atomic mass is 10.1. The zero-order valence-electron chi connectivity index (χ0n) is 14.5. The molecule has 2 N–H and O–H groups in total. The van der Waals surface area contributed by atoms with Gasteiger partial charge in [-0.1, -0.05) is 25.0 Å². The Bertz CT molecular complexity index is 595. The van der Waals surface area contributed by atoms with Gasteiger partial charge in [-0.05, 0) is 37.0 Å². The lowest BCUT2D eigenvalue weighted by Gasteiger charge is -2.24. The predicted octanol–water partition coefficient (Wildman–Crippen LogP) is 2.24. The van der Waals surface area contributed by atoms with Gasteiger partial charge in [0.15, 0.2) is 5.96 Å². The average molecular weight is 325 g/mol. The van der Waals surface area contributed by atoms with Crippen molar-refractivity contribution >= 4 is 5.96 Å². The molecule has 24 heavy (non-hydrogen) atoms. The normalized spacial score (nSPS) is 22.5. The van der Waals surface area contributed by atoms with Crippen molar-refractivity contribution in [3.8, 4) is 6.07 Å². The molecule has 5 heteroatoms. The van der Waals surface area contributed by atoms with E-state index in [1.807, 2.05) is 31.3 Å². The number of hydrogen-bond donors (Lipinski definition) is 2. The van der Waals surface area contributed by atoms with Gasteiger partial charge in [0.1, 0.15) is 0 Å². The van der Waals surface area contributed by atoms with Crippen LogP contribution in [-0.2, 0) is 6.54 Å². The molecule has 0 amide bonds. The molecule has 1 heterocycles. The van der Waals surface area contributed by atoms with Crippen LogP contribution in [0.15, 0.2) is 29.3 Å². The van der Waals surface area contributed by atoms with Crippen LogP contribution in [0, 0.1) is 11.3 Å². The minimum absolute atomic E-state index is 0.484. The smallest absolute Gasteiger partial charge is 0.191 e. The molecule has 0 aromatic heterocycles. The molecule has 1 unspecified atom stereocenters. The van der Waals surface area contributed by atoms with Crippen LogP contribution in [0.2, 0.25) is 0 Å². The van der Waals surface area contributed by atoms with E-state index in [1.54, 1.807) is 0 Å². The number of guanidine groups is 1. The van der Waals surface area contributed by atoms with E-state index in [0.717, 1.165) is 24.1 Å². The van der Waals surface area contributed by atoms with Crippen LogP contribution in [0.5, 0.6) is 0 Å². The Kier molecular flexibility index (Phi) is 5.71. The average Bonchev–Trinajstić information content (AvgIpc) is 3.30. The maximum atomic E-state index is 8.85. The highest BCUT2D eigenvalue weighted by molar-refractivity contribution is 5.80. The fourth-order valence-corrected chi connectivity index (χ4v) is 3.78. The molecule has 128 valence electrons. The molecular weight excluding hydrogens is 298 g/mol. The van der Waals surface area contributed by atoms with Crippen LogP contribution in [-0.4, -0.2) is 43.1 Å². The van der Waals surface area contributed by atoms with Crippen LogP contribution in [0.4, 0.5) is 0 Å². The largest absolute Gasteiger partial charge is 0.352 e. The van der Waals surface area contributed by atoms with E-state index in [2.05, 4.69) is 26.6 Å². The lowest BCUT2D eigenvalue weighted by molar-refractivity contribution is 0.242. The van der Waals surface area contributed by atoms with Crippen molar-refractivity contribution in [2.24, 2.45) is 4.99 Å². The van der Waals surface area contributed by atoms with Gasteiger partial charge in [-0.2, -0.15) is 5.26 Å². The summed E-state index contributed by atoms with van der Waals surface area (Å²) in [6.07, 6.45) is 6.73. The number of rotatable bonds is 4. The highest BCUT2D eigenvalue weighted by atomic mass is 15.3. The molecule has 2 fully saturated rings. The Morgan fingerprint density at radius 1 is 1.25 bits per heavy atom. The summed E-state index contributed by atoms with van der Waals surface area (Å²) >= 11 is 0. The van der Waals surface area contributed by atoms with Gasteiger partial charge < -0.3 is 10.6 Å². The Morgan fingerprint density at radius 3 is 2.67 bits per heavy atom. The summed E-state index contributed by atoms with van der Waals surface area (Å²) in [5.41, 5.74) is 1.84. The van der Waals surface area contributed by atoms with Gasteiger partial charge in [0.25, 0.3) is 0 Å². The lowest BCUT2D eigenvalue weighted by Crippen LogP contribution is -2.45. The van der Waals surface area contributed by atoms with Crippen molar-refractivity contribution in [2.75, 3.05) is 20.1 Å². The molecule has 1 atom stereocenters. The van der Waals surface area contributed by atoms with Crippen molar-refractivity contribution in [2.45, 2.75) is 50.7 Å². The molecule has 1 aliphatic carbocycles. The summed E-state index contributed by atoms with van der Waals surface area (Å²) in [5, 5.41) is 15.8. The second-order valence-electron chi connectivity index (χ2n) is 6.80.